The summed E-state index contributed by atoms with van der Waals surface area (Å²) in [7, 11) is 0. The quantitative estimate of drug-likeness (QED) is 0.414. The van der Waals surface area contributed by atoms with Crippen molar-refractivity contribution in [1.29, 1.82) is 0 Å². The van der Waals surface area contributed by atoms with Gasteiger partial charge in [-0.3, -0.25) is 19.7 Å². The molecule has 0 aliphatic carbocycles. The molecule has 0 radical (unpaired) electrons. The topological polar surface area (TPSA) is 91.4 Å². The summed E-state index contributed by atoms with van der Waals surface area (Å²) in [6.07, 6.45) is 0.924. The summed E-state index contributed by atoms with van der Waals surface area (Å²) in [6, 6.07) is 23.7. The van der Waals surface area contributed by atoms with E-state index in [9.17, 15) is 14.4 Å². The van der Waals surface area contributed by atoms with Crippen molar-refractivity contribution < 1.29 is 14.4 Å². The minimum Gasteiger partial charge on any atom is -0.326 e. The number of hydrogen-bond acceptors (Lipinski definition) is 5. The van der Waals surface area contributed by atoms with Crippen LogP contribution < -0.4 is 15.5 Å². The molecule has 5 rings (SSSR count). The number of thiazole rings is 1. The number of nitrogens with one attached hydrogen (secondary N) is 2. The zero-order chi connectivity index (χ0) is 24.2. The van der Waals surface area contributed by atoms with Gasteiger partial charge < -0.3 is 10.2 Å². The second kappa shape index (κ2) is 9.90. The summed E-state index contributed by atoms with van der Waals surface area (Å²) in [6.45, 7) is 0.665. The van der Waals surface area contributed by atoms with Crippen LogP contribution in [0.5, 0.6) is 0 Å². The molecule has 7 nitrogen and oxygen atoms in total. The second-order valence-corrected chi connectivity index (χ2v) is 8.96. The van der Waals surface area contributed by atoms with Crippen LogP contribution in [0.3, 0.4) is 0 Å². The molecule has 1 aliphatic heterocycles. The third-order valence-electron chi connectivity index (χ3n) is 5.70. The van der Waals surface area contributed by atoms with Crippen molar-refractivity contribution in [3.8, 4) is 0 Å². The fraction of sp³-hybridized carbons (Fsp3) is 0.111. The van der Waals surface area contributed by atoms with Crippen LogP contribution in [0.4, 0.5) is 16.5 Å². The Morgan fingerprint density at radius 1 is 0.857 bits per heavy atom. The zero-order valence-electron chi connectivity index (χ0n) is 18.7. The van der Waals surface area contributed by atoms with Crippen molar-refractivity contribution in [2.24, 2.45) is 0 Å². The van der Waals surface area contributed by atoms with Crippen LogP contribution >= 0.6 is 11.3 Å². The Bertz CT molecular complexity index is 1380. The number of aromatic nitrogens is 1. The zero-order valence-corrected chi connectivity index (χ0v) is 19.5. The van der Waals surface area contributed by atoms with E-state index in [4.69, 9.17) is 0 Å². The molecular weight excluding hydrogens is 460 g/mol. The minimum atomic E-state index is -0.247. The molecule has 0 spiro atoms. The number of nitrogens with zero attached hydrogens (tertiary/aromatic N) is 2. The van der Waals surface area contributed by atoms with Crippen LogP contribution in [-0.4, -0.2) is 29.3 Å². The molecule has 0 fully saturated rings. The van der Waals surface area contributed by atoms with Gasteiger partial charge >= 0.3 is 0 Å². The average molecular weight is 483 g/mol. The van der Waals surface area contributed by atoms with Crippen molar-refractivity contribution in [3.63, 3.8) is 0 Å². The highest BCUT2D eigenvalue weighted by Crippen LogP contribution is 2.29. The Hall–Kier alpha value is -4.30. The summed E-state index contributed by atoms with van der Waals surface area (Å²) >= 11 is 1.27. The SMILES string of the molecule is O=C(Cc1csc(NC(=O)c2ccccc2)n1)Nc1ccc(C(=O)N2CCc3ccccc32)cc1. The first kappa shape index (κ1) is 22.5. The maximum absolute atomic E-state index is 13.0. The molecule has 0 atom stereocenters. The first-order valence-electron chi connectivity index (χ1n) is 11.2. The monoisotopic (exact) mass is 482 g/mol. The van der Waals surface area contributed by atoms with E-state index < -0.39 is 0 Å². The molecule has 2 N–H and O–H groups in total. The summed E-state index contributed by atoms with van der Waals surface area (Å²) < 4.78 is 0. The number of hydrogen-bond donors (Lipinski definition) is 2. The smallest absolute Gasteiger partial charge is 0.258 e. The van der Waals surface area contributed by atoms with Crippen molar-refractivity contribution >= 4 is 45.6 Å². The van der Waals surface area contributed by atoms with Gasteiger partial charge in [0.25, 0.3) is 11.8 Å². The molecule has 0 unspecified atom stereocenters. The van der Waals surface area contributed by atoms with Crippen LogP contribution in [0, 0.1) is 0 Å². The first-order valence-corrected chi connectivity index (χ1v) is 12.1. The lowest BCUT2D eigenvalue weighted by atomic mass is 10.1. The highest BCUT2D eigenvalue weighted by atomic mass is 32.1. The van der Waals surface area contributed by atoms with Gasteiger partial charge in [-0.1, -0.05) is 36.4 Å². The molecule has 0 saturated heterocycles. The predicted octanol–water partition coefficient (Wildman–Crippen LogP) is 4.78. The number of rotatable bonds is 6. The van der Waals surface area contributed by atoms with Crippen LogP contribution in [-0.2, 0) is 17.6 Å². The largest absolute Gasteiger partial charge is 0.326 e. The van der Waals surface area contributed by atoms with Crippen molar-refractivity contribution in [2.75, 3.05) is 22.1 Å². The number of fused-ring (bicyclic) bond motifs is 1. The van der Waals surface area contributed by atoms with Gasteiger partial charge in [-0.2, -0.15) is 0 Å². The highest BCUT2D eigenvalue weighted by Gasteiger charge is 2.25. The lowest BCUT2D eigenvalue weighted by molar-refractivity contribution is -0.115. The average Bonchev–Trinajstić information content (AvgIpc) is 3.51. The summed E-state index contributed by atoms with van der Waals surface area (Å²) in [5.74, 6) is -0.535. The fourth-order valence-electron chi connectivity index (χ4n) is 3.98. The van der Waals surface area contributed by atoms with E-state index in [2.05, 4.69) is 15.6 Å². The van der Waals surface area contributed by atoms with E-state index in [0.29, 0.717) is 34.2 Å². The number of anilines is 3. The lowest BCUT2D eigenvalue weighted by Gasteiger charge is -2.17. The minimum absolute atomic E-state index is 0.0552. The number of carbonyl (C=O) groups excluding carboxylic acids is 3. The van der Waals surface area contributed by atoms with E-state index in [-0.39, 0.29) is 24.1 Å². The molecule has 1 aromatic heterocycles. The van der Waals surface area contributed by atoms with E-state index >= 15 is 0 Å². The van der Waals surface area contributed by atoms with E-state index in [1.807, 2.05) is 30.3 Å². The van der Waals surface area contributed by atoms with Crippen molar-refractivity contribution in [3.05, 3.63) is 107 Å². The molecule has 2 heterocycles. The standard InChI is InChI=1S/C27H22N4O3S/c32-24(16-22-17-35-27(29-22)30-25(33)19-7-2-1-3-8-19)28-21-12-10-20(11-13-21)26(34)31-15-14-18-6-4-5-9-23(18)31/h1-13,17H,14-16H2,(H,28,32)(H,29,30,33). The first-order chi connectivity index (χ1) is 17.1. The maximum atomic E-state index is 13.0. The van der Waals surface area contributed by atoms with Gasteiger partial charge in [-0.05, 0) is 54.4 Å². The van der Waals surface area contributed by atoms with E-state index in [1.165, 1.54) is 16.9 Å². The summed E-state index contributed by atoms with van der Waals surface area (Å²) in [5, 5.41) is 7.76. The lowest BCUT2D eigenvalue weighted by Crippen LogP contribution is -2.28. The Kier molecular flexibility index (Phi) is 6.36. The molecule has 0 saturated carbocycles. The normalized spacial score (nSPS) is 12.2. The molecule has 4 aromatic rings. The molecular formula is C27H22N4O3S. The number of benzene rings is 3. The van der Waals surface area contributed by atoms with Crippen LogP contribution in [0.2, 0.25) is 0 Å². The Morgan fingerprint density at radius 3 is 2.40 bits per heavy atom. The fourth-order valence-corrected chi connectivity index (χ4v) is 4.68. The molecule has 3 amide bonds. The predicted molar refractivity (Wildman–Crippen MR) is 137 cm³/mol. The van der Waals surface area contributed by atoms with Crippen molar-refractivity contribution in [1.82, 2.24) is 4.98 Å². The summed E-state index contributed by atoms with van der Waals surface area (Å²) in [4.78, 5) is 43.8. The number of amides is 3. The summed E-state index contributed by atoms with van der Waals surface area (Å²) in [5.41, 5.74) is 4.40. The Morgan fingerprint density at radius 2 is 1.60 bits per heavy atom. The molecule has 35 heavy (non-hydrogen) atoms. The molecule has 3 aromatic carbocycles. The van der Waals surface area contributed by atoms with Crippen molar-refractivity contribution in [2.45, 2.75) is 12.8 Å². The highest BCUT2D eigenvalue weighted by molar-refractivity contribution is 7.14. The Balaban J connectivity index is 1.16. The van der Waals surface area contributed by atoms with Crippen LogP contribution in [0.1, 0.15) is 32.0 Å². The van der Waals surface area contributed by atoms with E-state index in [0.717, 1.165) is 12.1 Å². The van der Waals surface area contributed by atoms with Gasteiger partial charge in [-0.15, -0.1) is 11.3 Å². The van der Waals surface area contributed by atoms with Gasteiger partial charge in [0, 0.05) is 34.4 Å². The van der Waals surface area contributed by atoms with Gasteiger partial charge in [0.1, 0.15) is 0 Å². The van der Waals surface area contributed by atoms with Gasteiger partial charge in [0.05, 0.1) is 12.1 Å². The molecule has 0 bridgehead atoms. The molecule has 1 aliphatic rings. The van der Waals surface area contributed by atoms with Gasteiger partial charge in [-0.25, -0.2) is 4.98 Å². The van der Waals surface area contributed by atoms with Gasteiger partial charge in [0.15, 0.2) is 5.13 Å². The Labute approximate surface area is 206 Å². The number of para-hydroxylation sites is 1. The molecule has 174 valence electrons. The van der Waals surface area contributed by atoms with E-state index in [1.54, 1.807) is 58.8 Å². The van der Waals surface area contributed by atoms with Crippen LogP contribution in [0.15, 0.2) is 84.2 Å². The third-order valence-corrected chi connectivity index (χ3v) is 6.50. The third kappa shape index (κ3) is 5.12. The number of carbonyl (C=O) groups is 3. The second-order valence-electron chi connectivity index (χ2n) is 8.10. The molecule has 8 heteroatoms. The van der Waals surface area contributed by atoms with Gasteiger partial charge in [0.2, 0.25) is 5.91 Å². The van der Waals surface area contributed by atoms with Crippen LogP contribution in [0.25, 0.3) is 0 Å². The maximum Gasteiger partial charge on any atom is 0.258 e.